The molecule has 0 N–H and O–H groups in total. The van der Waals surface area contributed by atoms with E-state index in [1.807, 2.05) is 0 Å². The molecule has 0 radical (unpaired) electrons. The van der Waals surface area contributed by atoms with Crippen LogP contribution in [0, 0.1) is 0 Å². The van der Waals surface area contributed by atoms with Gasteiger partial charge in [0.15, 0.2) is 0 Å². The van der Waals surface area contributed by atoms with Gasteiger partial charge in [0.05, 0.1) is 11.1 Å². The number of rotatable bonds is 1. The molecule has 0 aliphatic heterocycles. The van der Waals surface area contributed by atoms with Crippen molar-refractivity contribution < 1.29 is 26.3 Å². The van der Waals surface area contributed by atoms with E-state index < -0.39 is 23.5 Å². The maximum Gasteiger partial charge on any atom is 0.416 e. The van der Waals surface area contributed by atoms with Crippen LogP contribution in [0.1, 0.15) is 11.1 Å². The van der Waals surface area contributed by atoms with Crippen LogP contribution in [0.2, 0.25) is 0 Å². The van der Waals surface area contributed by atoms with Crippen molar-refractivity contribution in [2.75, 3.05) is 0 Å². The van der Waals surface area contributed by atoms with E-state index in [9.17, 15) is 26.3 Å². The number of thiol groups is 1. The summed E-state index contributed by atoms with van der Waals surface area (Å²) in [5, 5.41) is 0. The van der Waals surface area contributed by atoms with Gasteiger partial charge in [-0.15, -0.1) is 11.7 Å². The zero-order valence-electron chi connectivity index (χ0n) is 7.36. The molecule has 90 valence electrons. The van der Waals surface area contributed by atoms with Gasteiger partial charge in [-0.25, -0.2) is 0 Å². The average molecular weight is 278 g/mol. The molecule has 0 aliphatic carbocycles. The normalized spacial score (nSPS) is 12.9. The summed E-state index contributed by atoms with van der Waals surface area (Å²) >= 11 is 3.58. The van der Waals surface area contributed by atoms with Crippen LogP contribution in [-0.4, -0.2) is 0 Å². The van der Waals surface area contributed by atoms with Crippen molar-refractivity contribution in [3.8, 4) is 0 Å². The average Bonchev–Trinajstić information content (AvgIpc) is 2.14. The SMILES string of the molecule is FC(F)(F)c1cc(SS)cc(C(F)(F)F)c1. The second kappa shape index (κ2) is 4.40. The lowest BCUT2D eigenvalue weighted by atomic mass is 10.1. The van der Waals surface area contributed by atoms with Gasteiger partial charge < -0.3 is 0 Å². The monoisotopic (exact) mass is 278 g/mol. The molecule has 16 heavy (non-hydrogen) atoms. The van der Waals surface area contributed by atoms with Crippen molar-refractivity contribution in [1.29, 1.82) is 0 Å². The Balaban J connectivity index is 3.33. The first kappa shape index (κ1) is 13.6. The molecule has 0 bridgehead atoms. The fourth-order valence-electron chi connectivity index (χ4n) is 0.979. The van der Waals surface area contributed by atoms with Gasteiger partial charge in [0, 0.05) is 4.90 Å². The molecular weight excluding hydrogens is 274 g/mol. The second-order valence-corrected chi connectivity index (χ2v) is 4.03. The summed E-state index contributed by atoms with van der Waals surface area (Å²) in [7, 11) is 0.524. The molecule has 0 atom stereocenters. The van der Waals surface area contributed by atoms with Crippen LogP contribution in [0.5, 0.6) is 0 Å². The van der Waals surface area contributed by atoms with E-state index in [1.165, 1.54) is 0 Å². The molecule has 0 saturated carbocycles. The van der Waals surface area contributed by atoms with Crippen LogP contribution in [0.25, 0.3) is 0 Å². The van der Waals surface area contributed by atoms with Crippen molar-refractivity contribution in [2.45, 2.75) is 17.2 Å². The van der Waals surface area contributed by atoms with Crippen LogP contribution in [-0.2, 0) is 12.4 Å². The second-order valence-electron chi connectivity index (χ2n) is 2.83. The molecular formula is C8H4F6S2. The lowest BCUT2D eigenvalue weighted by Gasteiger charge is -2.12. The highest BCUT2D eigenvalue weighted by Gasteiger charge is 2.36. The van der Waals surface area contributed by atoms with Crippen molar-refractivity contribution in [2.24, 2.45) is 0 Å². The van der Waals surface area contributed by atoms with E-state index in [-0.39, 0.29) is 11.0 Å². The minimum atomic E-state index is -4.81. The highest BCUT2D eigenvalue weighted by Crippen LogP contribution is 2.38. The quantitative estimate of drug-likeness (QED) is 0.443. The lowest BCUT2D eigenvalue weighted by Crippen LogP contribution is -2.10. The van der Waals surface area contributed by atoms with Crippen LogP contribution in [0.15, 0.2) is 23.1 Å². The maximum atomic E-state index is 12.3. The Morgan fingerprint density at radius 3 is 1.44 bits per heavy atom. The highest BCUT2D eigenvalue weighted by atomic mass is 33.1. The maximum absolute atomic E-state index is 12.3. The van der Waals surface area contributed by atoms with Gasteiger partial charge in [0.1, 0.15) is 0 Å². The molecule has 0 saturated heterocycles. The zero-order valence-corrected chi connectivity index (χ0v) is 9.07. The molecule has 0 aromatic heterocycles. The largest absolute Gasteiger partial charge is 0.416 e. The predicted molar refractivity (Wildman–Crippen MR) is 51.3 cm³/mol. The van der Waals surface area contributed by atoms with Gasteiger partial charge in [-0.05, 0) is 18.2 Å². The predicted octanol–water partition coefficient (Wildman–Crippen LogP) is 4.66. The summed E-state index contributed by atoms with van der Waals surface area (Å²) in [5.74, 6) is 0. The fraction of sp³-hybridized carbons (Fsp3) is 0.250. The number of benzene rings is 1. The molecule has 0 nitrogen and oxygen atoms in total. The van der Waals surface area contributed by atoms with E-state index in [0.29, 0.717) is 22.9 Å². The smallest absolute Gasteiger partial charge is 0.166 e. The molecule has 8 heteroatoms. The first-order valence-electron chi connectivity index (χ1n) is 3.75. The van der Waals surface area contributed by atoms with Crippen LogP contribution in [0.3, 0.4) is 0 Å². The molecule has 0 fully saturated rings. The van der Waals surface area contributed by atoms with Gasteiger partial charge in [0.25, 0.3) is 0 Å². The Bertz CT molecular complexity index is 349. The summed E-state index contributed by atoms with van der Waals surface area (Å²) in [6, 6.07) is 1.31. The first-order valence-corrected chi connectivity index (χ1v) is 5.62. The molecule has 1 aromatic carbocycles. The topological polar surface area (TPSA) is 0 Å². The van der Waals surface area contributed by atoms with Gasteiger partial charge in [0.2, 0.25) is 0 Å². The Labute approximate surface area is 95.8 Å². The van der Waals surface area contributed by atoms with Crippen molar-refractivity contribution >= 4 is 22.5 Å². The number of hydrogen-bond donors (Lipinski definition) is 1. The summed E-state index contributed by atoms with van der Waals surface area (Å²) in [6.07, 6.45) is -9.61. The third-order valence-corrected chi connectivity index (χ3v) is 2.75. The van der Waals surface area contributed by atoms with E-state index in [0.717, 1.165) is 0 Å². The van der Waals surface area contributed by atoms with Crippen LogP contribution < -0.4 is 0 Å². The standard InChI is InChI=1S/C8H4F6S2/c9-7(10,11)4-1-5(8(12,13)14)3-6(2-4)16-15/h1-3,15H. The number of hydrogen-bond acceptors (Lipinski definition) is 2. The third-order valence-electron chi connectivity index (χ3n) is 1.67. The minimum absolute atomic E-state index is 0.0769. The van der Waals surface area contributed by atoms with Crippen LogP contribution >= 0.6 is 22.5 Å². The van der Waals surface area contributed by atoms with Crippen molar-refractivity contribution in [3.63, 3.8) is 0 Å². The molecule has 0 unspecified atom stereocenters. The summed E-state index contributed by atoms with van der Waals surface area (Å²) < 4.78 is 73.6. The zero-order chi connectivity index (χ0) is 12.6. The van der Waals surface area contributed by atoms with E-state index in [1.54, 1.807) is 0 Å². The van der Waals surface area contributed by atoms with Gasteiger partial charge in [-0.3, -0.25) is 0 Å². The first-order chi connectivity index (χ1) is 7.14. The molecule has 0 aliphatic rings. The molecule has 0 spiro atoms. The molecule has 0 amide bonds. The van der Waals surface area contributed by atoms with Gasteiger partial charge in [-0.1, -0.05) is 10.8 Å². The Hall–Kier alpha value is -0.500. The lowest BCUT2D eigenvalue weighted by molar-refractivity contribution is -0.143. The van der Waals surface area contributed by atoms with E-state index in [4.69, 9.17) is 0 Å². The van der Waals surface area contributed by atoms with Crippen molar-refractivity contribution in [3.05, 3.63) is 29.3 Å². The molecule has 1 aromatic rings. The minimum Gasteiger partial charge on any atom is -0.166 e. The summed E-state index contributed by atoms with van der Waals surface area (Å²) in [4.78, 5) is -0.203. The molecule has 0 heterocycles. The van der Waals surface area contributed by atoms with Crippen LogP contribution in [0.4, 0.5) is 26.3 Å². The van der Waals surface area contributed by atoms with Gasteiger partial charge >= 0.3 is 12.4 Å². The van der Waals surface area contributed by atoms with Gasteiger partial charge in [-0.2, -0.15) is 26.3 Å². The molecule has 1 rings (SSSR count). The Morgan fingerprint density at radius 1 is 0.812 bits per heavy atom. The number of halogens is 6. The summed E-state index contributed by atoms with van der Waals surface area (Å²) in [6.45, 7) is 0. The fourth-order valence-corrected chi connectivity index (χ4v) is 1.65. The van der Waals surface area contributed by atoms with E-state index >= 15 is 0 Å². The summed E-state index contributed by atoms with van der Waals surface area (Å²) in [5.41, 5.74) is -2.67. The Kier molecular flexibility index (Phi) is 3.73. The van der Waals surface area contributed by atoms with E-state index in [2.05, 4.69) is 11.7 Å². The highest BCUT2D eigenvalue weighted by molar-refractivity contribution is 8.68. The Morgan fingerprint density at radius 2 is 1.19 bits per heavy atom. The number of alkyl halides is 6. The van der Waals surface area contributed by atoms with Crippen molar-refractivity contribution in [1.82, 2.24) is 0 Å². The third kappa shape index (κ3) is 3.24.